The van der Waals surface area contributed by atoms with Crippen LogP contribution in [0.4, 0.5) is 0 Å². The van der Waals surface area contributed by atoms with E-state index in [9.17, 15) is 4.79 Å². The summed E-state index contributed by atoms with van der Waals surface area (Å²) in [7, 11) is 1.47. The maximum absolute atomic E-state index is 11.1. The van der Waals surface area contributed by atoms with Crippen LogP contribution in [-0.4, -0.2) is 19.9 Å². The van der Waals surface area contributed by atoms with Crippen LogP contribution in [0.25, 0.3) is 0 Å². The van der Waals surface area contributed by atoms with E-state index in [-0.39, 0.29) is 12.8 Å². The van der Waals surface area contributed by atoms with Crippen LogP contribution in [0.1, 0.15) is 24.2 Å². The van der Waals surface area contributed by atoms with Crippen LogP contribution >= 0.6 is 0 Å². The van der Waals surface area contributed by atoms with Crippen molar-refractivity contribution in [1.29, 1.82) is 0 Å². The second-order valence-corrected chi connectivity index (χ2v) is 2.20. The molecule has 1 rings (SSSR count). The van der Waals surface area contributed by atoms with E-state index in [0.717, 1.165) is 0 Å². The number of rotatable bonds is 3. The molecule has 0 aliphatic heterocycles. The highest BCUT2D eigenvalue weighted by atomic mass is 16.7. The zero-order chi connectivity index (χ0) is 10.8. The fraction of sp³-hybridized carbons (Fsp3) is 0.364. The Balaban J connectivity index is 0.000000791. The van der Waals surface area contributed by atoms with Crippen molar-refractivity contribution in [3.05, 3.63) is 35.9 Å². The van der Waals surface area contributed by atoms with Crippen molar-refractivity contribution in [2.45, 2.75) is 13.8 Å². The van der Waals surface area contributed by atoms with Gasteiger partial charge in [0.15, 0.2) is 6.79 Å². The van der Waals surface area contributed by atoms with Crippen LogP contribution in [0, 0.1) is 0 Å². The minimum Gasteiger partial charge on any atom is -0.435 e. The SMILES string of the molecule is CC.COCOC(=O)c1ccccc1. The monoisotopic (exact) mass is 196 g/mol. The molecule has 14 heavy (non-hydrogen) atoms. The van der Waals surface area contributed by atoms with E-state index < -0.39 is 0 Å². The molecule has 3 nitrogen and oxygen atoms in total. The molecule has 0 aliphatic carbocycles. The van der Waals surface area contributed by atoms with Crippen molar-refractivity contribution in [3.63, 3.8) is 0 Å². The lowest BCUT2D eigenvalue weighted by Crippen LogP contribution is -2.06. The Morgan fingerprint density at radius 1 is 1.21 bits per heavy atom. The fourth-order valence-corrected chi connectivity index (χ4v) is 0.770. The summed E-state index contributed by atoms with van der Waals surface area (Å²) in [6, 6.07) is 8.79. The molecule has 0 spiro atoms. The van der Waals surface area contributed by atoms with E-state index in [2.05, 4.69) is 4.74 Å². The third kappa shape index (κ3) is 4.62. The number of ether oxygens (including phenoxy) is 2. The highest BCUT2D eigenvalue weighted by Crippen LogP contribution is 2.00. The fourth-order valence-electron chi connectivity index (χ4n) is 0.770. The number of hydrogen-bond donors (Lipinski definition) is 0. The number of benzene rings is 1. The molecular weight excluding hydrogens is 180 g/mol. The highest BCUT2D eigenvalue weighted by Gasteiger charge is 2.03. The third-order valence-corrected chi connectivity index (χ3v) is 1.32. The molecule has 0 fully saturated rings. The second kappa shape index (κ2) is 8.26. The van der Waals surface area contributed by atoms with Crippen LogP contribution in [0.2, 0.25) is 0 Å². The van der Waals surface area contributed by atoms with Gasteiger partial charge in [-0.3, -0.25) is 0 Å². The maximum atomic E-state index is 11.1. The van der Waals surface area contributed by atoms with Gasteiger partial charge in [0.2, 0.25) is 0 Å². The van der Waals surface area contributed by atoms with Crippen molar-refractivity contribution in [1.82, 2.24) is 0 Å². The van der Waals surface area contributed by atoms with Gasteiger partial charge in [0.1, 0.15) is 0 Å². The minimum atomic E-state index is -0.363. The van der Waals surface area contributed by atoms with Crippen molar-refractivity contribution in [2.24, 2.45) is 0 Å². The topological polar surface area (TPSA) is 35.5 Å². The second-order valence-electron chi connectivity index (χ2n) is 2.20. The van der Waals surface area contributed by atoms with E-state index in [1.807, 2.05) is 19.9 Å². The van der Waals surface area contributed by atoms with Crippen molar-refractivity contribution < 1.29 is 14.3 Å². The predicted molar refractivity (Wildman–Crippen MR) is 55.1 cm³/mol. The van der Waals surface area contributed by atoms with Gasteiger partial charge in [-0.1, -0.05) is 32.0 Å². The normalized spacial score (nSPS) is 8.50. The first-order valence-electron chi connectivity index (χ1n) is 4.55. The summed E-state index contributed by atoms with van der Waals surface area (Å²) in [5.74, 6) is -0.363. The number of methoxy groups -OCH3 is 1. The molecule has 0 radical (unpaired) electrons. The number of carbonyl (C=O) groups excluding carboxylic acids is 1. The molecule has 3 heteroatoms. The highest BCUT2D eigenvalue weighted by molar-refractivity contribution is 5.89. The molecule has 0 aliphatic rings. The average Bonchev–Trinajstić information content (AvgIpc) is 2.30. The Labute approximate surface area is 84.7 Å². The first-order valence-corrected chi connectivity index (χ1v) is 4.55. The molecule has 0 atom stereocenters. The smallest absolute Gasteiger partial charge is 0.340 e. The molecule has 0 N–H and O–H groups in total. The van der Waals surface area contributed by atoms with Gasteiger partial charge in [0.05, 0.1) is 5.56 Å². The van der Waals surface area contributed by atoms with E-state index in [1.54, 1.807) is 24.3 Å². The average molecular weight is 196 g/mol. The van der Waals surface area contributed by atoms with Crippen LogP contribution in [0.3, 0.4) is 0 Å². The van der Waals surface area contributed by atoms with E-state index in [4.69, 9.17) is 4.74 Å². The summed E-state index contributed by atoms with van der Waals surface area (Å²) < 4.78 is 9.31. The van der Waals surface area contributed by atoms with Crippen LogP contribution in [0.5, 0.6) is 0 Å². The van der Waals surface area contributed by atoms with Crippen LogP contribution < -0.4 is 0 Å². The zero-order valence-electron chi connectivity index (χ0n) is 8.82. The molecular formula is C11H16O3. The quantitative estimate of drug-likeness (QED) is 0.550. The summed E-state index contributed by atoms with van der Waals surface area (Å²) in [5, 5.41) is 0. The lowest BCUT2D eigenvalue weighted by atomic mass is 10.2. The Morgan fingerprint density at radius 2 is 1.79 bits per heavy atom. The van der Waals surface area contributed by atoms with Gasteiger partial charge in [-0.05, 0) is 12.1 Å². The number of hydrogen-bond acceptors (Lipinski definition) is 3. The number of esters is 1. The first kappa shape index (κ1) is 12.7. The molecule has 0 bridgehead atoms. The lowest BCUT2D eigenvalue weighted by Gasteiger charge is -2.01. The van der Waals surface area contributed by atoms with Crippen molar-refractivity contribution in [2.75, 3.05) is 13.9 Å². The molecule has 0 saturated heterocycles. The molecule has 0 unspecified atom stereocenters. The van der Waals surface area contributed by atoms with Gasteiger partial charge in [0, 0.05) is 7.11 Å². The van der Waals surface area contributed by atoms with Crippen LogP contribution in [-0.2, 0) is 9.47 Å². The molecule has 0 aromatic heterocycles. The molecule has 1 aromatic rings. The molecule has 1 aromatic carbocycles. The predicted octanol–water partition coefficient (Wildman–Crippen LogP) is 2.47. The molecule has 0 heterocycles. The first-order chi connectivity index (χ1) is 6.84. The standard InChI is InChI=1S/C9H10O3.C2H6/c1-11-7-12-9(10)8-5-3-2-4-6-8;1-2/h2-6H,7H2,1H3;1-2H3. The van der Waals surface area contributed by atoms with Gasteiger partial charge in [-0.2, -0.15) is 0 Å². The van der Waals surface area contributed by atoms with E-state index >= 15 is 0 Å². The maximum Gasteiger partial charge on any atom is 0.340 e. The van der Waals surface area contributed by atoms with Gasteiger partial charge < -0.3 is 9.47 Å². The van der Waals surface area contributed by atoms with Gasteiger partial charge in [-0.25, -0.2) is 4.79 Å². The van der Waals surface area contributed by atoms with Crippen LogP contribution in [0.15, 0.2) is 30.3 Å². The third-order valence-electron chi connectivity index (χ3n) is 1.32. The lowest BCUT2D eigenvalue weighted by molar-refractivity contribution is -0.0125. The molecule has 78 valence electrons. The summed E-state index contributed by atoms with van der Waals surface area (Å²) in [4.78, 5) is 11.1. The van der Waals surface area contributed by atoms with E-state index in [1.165, 1.54) is 7.11 Å². The number of carbonyl (C=O) groups is 1. The van der Waals surface area contributed by atoms with E-state index in [0.29, 0.717) is 5.56 Å². The molecule has 0 saturated carbocycles. The van der Waals surface area contributed by atoms with Gasteiger partial charge in [0.25, 0.3) is 0 Å². The van der Waals surface area contributed by atoms with Gasteiger partial charge in [-0.15, -0.1) is 0 Å². The zero-order valence-corrected chi connectivity index (χ0v) is 8.82. The summed E-state index contributed by atoms with van der Waals surface area (Å²) in [6.07, 6.45) is 0. The van der Waals surface area contributed by atoms with Gasteiger partial charge >= 0.3 is 5.97 Å². The largest absolute Gasteiger partial charge is 0.435 e. The minimum absolute atomic E-state index is 0.00622. The Kier molecular flexibility index (Phi) is 7.46. The Hall–Kier alpha value is -1.35. The van der Waals surface area contributed by atoms with Crippen molar-refractivity contribution >= 4 is 5.97 Å². The molecule has 0 amide bonds. The van der Waals surface area contributed by atoms with Crippen molar-refractivity contribution in [3.8, 4) is 0 Å². The summed E-state index contributed by atoms with van der Waals surface area (Å²) in [6.45, 7) is 3.99. The Bertz CT molecular complexity index is 244. The summed E-state index contributed by atoms with van der Waals surface area (Å²) in [5.41, 5.74) is 0.537. The Morgan fingerprint density at radius 3 is 2.29 bits per heavy atom. The summed E-state index contributed by atoms with van der Waals surface area (Å²) >= 11 is 0.